The lowest BCUT2D eigenvalue weighted by Gasteiger charge is -2.11. The molecule has 1 amide bonds. The van der Waals surface area contributed by atoms with Gasteiger partial charge in [0.1, 0.15) is 5.56 Å². The number of carbonyl (C=O) groups is 1. The molecule has 0 saturated carbocycles. The van der Waals surface area contributed by atoms with Crippen molar-refractivity contribution in [1.82, 2.24) is 5.32 Å². The summed E-state index contributed by atoms with van der Waals surface area (Å²) in [4.78, 5) is 22.2. The number of hydrogen-bond donors (Lipinski definition) is 2. The Bertz CT molecular complexity index is 446. The van der Waals surface area contributed by atoms with Gasteiger partial charge in [-0.2, -0.15) is 0 Å². The van der Waals surface area contributed by atoms with E-state index in [1.54, 1.807) is 26.0 Å². The van der Waals surface area contributed by atoms with Gasteiger partial charge >= 0.3 is 0 Å². The normalized spacial score (nSPS) is 11.9. The highest BCUT2D eigenvalue weighted by Gasteiger charge is 2.22. The SMILES string of the molecule is Cc1cccc(C(=O)NC(C)CN)c1[N+](=O)[O-]. The zero-order valence-corrected chi connectivity index (χ0v) is 9.77. The van der Waals surface area contributed by atoms with Gasteiger partial charge in [-0.15, -0.1) is 0 Å². The molecule has 0 saturated heterocycles. The molecular weight excluding hydrogens is 222 g/mol. The fraction of sp³-hybridized carbons (Fsp3) is 0.364. The van der Waals surface area contributed by atoms with Crippen LogP contribution in [-0.4, -0.2) is 23.4 Å². The number of nitrogens with one attached hydrogen (secondary N) is 1. The van der Waals surface area contributed by atoms with Crippen molar-refractivity contribution in [2.45, 2.75) is 19.9 Å². The van der Waals surface area contributed by atoms with Gasteiger partial charge in [0.25, 0.3) is 11.6 Å². The molecule has 1 rings (SSSR count). The van der Waals surface area contributed by atoms with Gasteiger partial charge in [-0.05, 0) is 19.9 Å². The minimum absolute atomic E-state index is 0.0651. The molecule has 1 unspecified atom stereocenters. The highest BCUT2D eigenvalue weighted by atomic mass is 16.6. The molecule has 0 radical (unpaired) electrons. The third-order valence-corrected chi connectivity index (χ3v) is 2.40. The van der Waals surface area contributed by atoms with Crippen molar-refractivity contribution in [2.24, 2.45) is 5.73 Å². The van der Waals surface area contributed by atoms with Gasteiger partial charge in [0, 0.05) is 18.2 Å². The summed E-state index contributed by atoms with van der Waals surface area (Å²) in [5.74, 6) is -0.474. The van der Waals surface area contributed by atoms with Crippen molar-refractivity contribution in [2.75, 3.05) is 6.54 Å². The van der Waals surface area contributed by atoms with E-state index >= 15 is 0 Å². The standard InChI is InChI=1S/C11H15N3O3/c1-7-4-3-5-9(10(7)14(16)17)11(15)13-8(2)6-12/h3-5,8H,6,12H2,1-2H3,(H,13,15). The summed E-state index contributed by atoms with van der Waals surface area (Å²) < 4.78 is 0. The third-order valence-electron chi connectivity index (χ3n) is 2.40. The fourth-order valence-corrected chi connectivity index (χ4v) is 1.44. The summed E-state index contributed by atoms with van der Waals surface area (Å²) in [6.07, 6.45) is 0. The number of nitro groups is 1. The molecule has 17 heavy (non-hydrogen) atoms. The van der Waals surface area contributed by atoms with Gasteiger partial charge in [0.2, 0.25) is 0 Å². The van der Waals surface area contributed by atoms with Crippen molar-refractivity contribution in [3.63, 3.8) is 0 Å². The largest absolute Gasteiger partial charge is 0.348 e. The number of benzene rings is 1. The maximum Gasteiger partial charge on any atom is 0.285 e. The Kier molecular flexibility index (Phi) is 4.17. The van der Waals surface area contributed by atoms with E-state index < -0.39 is 10.8 Å². The number of para-hydroxylation sites is 1. The first-order chi connectivity index (χ1) is 7.97. The summed E-state index contributed by atoms with van der Waals surface area (Å²) in [5, 5.41) is 13.5. The minimum Gasteiger partial charge on any atom is -0.348 e. The van der Waals surface area contributed by atoms with Crippen molar-refractivity contribution in [3.8, 4) is 0 Å². The number of hydrogen-bond acceptors (Lipinski definition) is 4. The van der Waals surface area contributed by atoms with Crippen LogP contribution in [0.5, 0.6) is 0 Å². The molecule has 0 aliphatic heterocycles. The average molecular weight is 237 g/mol. The number of nitro benzene ring substituents is 1. The van der Waals surface area contributed by atoms with E-state index in [0.717, 1.165) is 0 Å². The maximum atomic E-state index is 11.8. The lowest BCUT2D eigenvalue weighted by Crippen LogP contribution is -2.38. The highest BCUT2D eigenvalue weighted by molar-refractivity contribution is 5.98. The van der Waals surface area contributed by atoms with Gasteiger partial charge in [-0.25, -0.2) is 0 Å². The van der Waals surface area contributed by atoms with Gasteiger partial charge in [0.05, 0.1) is 4.92 Å². The Morgan fingerprint density at radius 2 is 2.24 bits per heavy atom. The zero-order valence-electron chi connectivity index (χ0n) is 9.77. The van der Waals surface area contributed by atoms with Gasteiger partial charge in [0.15, 0.2) is 0 Å². The maximum absolute atomic E-state index is 11.8. The van der Waals surface area contributed by atoms with Crippen LogP contribution in [0.15, 0.2) is 18.2 Å². The first kappa shape index (κ1) is 13.1. The van der Waals surface area contributed by atoms with E-state index in [1.165, 1.54) is 6.07 Å². The fourth-order valence-electron chi connectivity index (χ4n) is 1.44. The second-order valence-electron chi connectivity index (χ2n) is 3.84. The van der Waals surface area contributed by atoms with Crippen LogP contribution in [0.2, 0.25) is 0 Å². The summed E-state index contributed by atoms with van der Waals surface area (Å²) in [5.41, 5.74) is 5.75. The van der Waals surface area contributed by atoms with Crippen LogP contribution in [0.3, 0.4) is 0 Å². The number of aryl methyl sites for hydroxylation is 1. The Morgan fingerprint density at radius 1 is 1.59 bits per heavy atom. The van der Waals surface area contributed by atoms with E-state index in [4.69, 9.17) is 5.73 Å². The van der Waals surface area contributed by atoms with Crippen LogP contribution in [0.4, 0.5) is 5.69 Å². The molecule has 0 bridgehead atoms. The summed E-state index contributed by atoms with van der Waals surface area (Å²) >= 11 is 0. The smallest absolute Gasteiger partial charge is 0.285 e. The Hall–Kier alpha value is -1.95. The second-order valence-corrected chi connectivity index (χ2v) is 3.84. The van der Waals surface area contributed by atoms with Crippen LogP contribution in [0, 0.1) is 17.0 Å². The van der Waals surface area contributed by atoms with Crippen LogP contribution >= 0.6 is 0 Å². The molecule has 0 spiro atoms. The molecule has 1 aromatic rings. The lowest BCUT2D eigenvalue weighted by atomic mass is 10.1. The van der Waals surface area contributed by atoms with Gasteiger partial charge < -0.3 is 11.1 Å². The molecule has 0 fully saturated rings. The molecule has 0 heterocycles. The van der Waals surface area contributed by atoms with Crippen LogP contribution in [0.25, 0.3) is 0 Å². The highest BCUT2D eigenvalue weighted by Crippen LogP contribution is 2.22. The summed E-state index contributed by atoms with van der Waals surface area (Å²) in [6.45, 7) is 3.62. The average Bonchev–Trinajstić information content (AvgIpc) is 2.27. The predicted molar refractivity (Wildman–Crippen MR) is 63.8 cm³/mol. The molecule has 1 aromatic carbocycles. The van der Waals surface area contributed by atoms with Crippen LogP contribution in [-0.2, 0) is 0 Å². The minimum atomic E-state index is -0.544. The Morgan fingerprint density at radius 3 is 2.76 bits per heavy atom. The molecule has 1 atom stereocenters. The lowest BCUT2D eigenvalue weighted by molar-refractivity contribution is -0.385. The van der Waals surface area contributed by atoms with E-state index in [0.29, 0.717) is 5.56 Å². The Balaban J connectivity index is 3.09. The number of nitrogens with zero attached hydrogens (tertiary/aromatic N) is 1. The number of amides is 1. The predicted octanol–water partition coefficient (Wildman–Crippen LogP) is 0.980. The summed E-state index contributed by atoms with van der Waals surface area (Å²) in [6, 6.07) is 4.43. The van der Waals surface area contributed by atoms with E-state index in [-0.39, 0.29) is 23.8 Å². The van der Waals surface area contributed by atoms with Crippen molar-refractivity contribution < 1.29 is 9.72 Å². The first-order valence-electron chi connectivity index (χ1n) is 5.22. The van der Waals surface area contributed by atoms with Crippen molar-refractivity contribution in [1.29, 1.82) is 0 Å². The van der Waals surface area contributed by atoms with Gasteiger partial charge in [-0.3, -0.25) is 14.9 Å². The molecule has 0 aliphatic rings. The van der Waals surface area contributed by atoms with Crippen molar-refractivity contribution in [3.05, 3.63) is 39.4 Å². The molecule has 3 N–H and O–H groups in total. The molecule has 92 valence electrons. The number of carbonyl (C=O) groups excluding carboxylic acids is 1. The molecule has 6 nitrogen and oxygen atoms in total. The van der Waals surface area contributed by atoms with E-state index in [1.807, 2.05) is 0 Å². The van der Waals surface area contributed by atoms with Gasteiger partial charge in [-0.1, -0.05) is 12.1 Å². The van der Waals surface area contributed by atoms with Crippen LogP contribution < -0.4 is 11.1 Å². The van der Waals surface area contributed by atoms with E-state index in [2.05, 4.69) is 5.32 Å². The molecular formula is C11H15N3O3. The number of nitrogens with two attached hydrogens (primary N) is 1. The molecule has 0 aromatic heterocycles. The first-order valence-corrected chi connectivity index (χ1v) is 5.22. The topological polar surface area (TPSA) is 98.3 Å². The zero-order chi connectivity index (χ0) is 13.0. The van der Waals surface area contributed by atoms with Crippen LogP contribution in [0.1, 0.15) is 22.8 Å². The number of rotatable bonds is 4. The van der Waals surface area contributed by atoms with Crippen molar-refractivity contribution >= 4 is 11.6 Å². The second kappa shape index (κ2) is 5.40. The summed E-state index contributed by atoms with van der Waals surface area (Å²) in [7, 11) is 0. The monoisotopic (exact) mass is 237 g/mol. The Labute approximate surface area is 99.0 Å². The van der Waals surface area contributed by atoms with E-state index in [9.17, 15) is 14.9 Å². The quantitative estimate of drug-likeness (QED) is 0.602. The molecule has 0 aliphatic carbocycles. The third kappa shape index (κ3) is 3.01. The molecule has 6 heteroatoms.